The van der Waals surface area contributed by atoms with Crippen LogP contribution in [0.15, 0.2) is 24.3 Å². The van der Waals surface area contributed by atoms with Crippen LogP contribution in [0.2, 0.25) is 0 Å². The number of hydrogen-bond donors (Lipinski definition) is 2. The van der Waals surface area contributed by atoms with Gasteiger partial charge in [0.05, 0.1) is 6.54 Å². The van der Waals surface area contributed by atoms with Crippen molar-refractivity contribution in [3.05, 3.63) is 29.8 Å². The van der Waals surface area contributed by atoms with Crippen molar-refractivity contribution in [3.8, 4) is 0 Å². The molecule has 0 saturated heterocycles. The summed E-state index contributed by atoms with van der Waals surface area (Å²) in [4.78, 5) is 12.8. The number of carbonyl (C=O) groups is 1. The van der Waals surface area contributed by atoms with Crippen LogP contribution in [0.5, 0.6) is 0 Å². The Kier molecular flexibility index (Phi) is 4.65. The van der Waals surface area contributed by atoms with Crippen LogP contribution in [0.3, 0.4) is 0 Å². The van der Waals surface area contributed by atoms with Gasteiger partial charge in [0.1, 0.15) is 0 Å². The zero-order valence-corrected chi connectivity index (χ0v) is 16.5. The van der Waals surface area contributed by atoms with Crippen molar-refractivity contribution >= 4 is 11.6 Å². The van der Waals surface area contributed by atoms with Gasteiger partial charge in [-0.25, -0.2) is 0 Å². The minimum atomic E-state index is 0.121. The molecular formula is C24H34N2O. The Morgan fingerprint density at radius 2 is 1.56 bits per heavy atom. The van der Waals surface area contributed by atoms with Crippen molar-refractivity contribution in [1.82, 2.24) is 5.32 Å². The van der Waals surface area contributed by atoms with Crippen molar-refractivity contribution in [2.75, 3.05) is 11.9 Å². The third-order valence-electron chi connectivity index (χ3n) is 7.89. The molecule has 2 N–H and O–H groups in total. The molecule has 1 aromatic carbocycles. The zero-order chi connectivity index (χ0) is 18.3. The van der Waals surface area contributed by atoms with Crippen LogP contribution in [-0.2, 0) is 4.79 Å². The lowest BCUT2D eigenvalue weighted by Gasteiger charge is -2.56. The summed E-state index contributed by atoms with van der Waals surface area (Å²) in [5, 5.41) is 6.97. The minimum absolute atomic E-state index is 0.121. The van der Waals surface area contributed by atoms with Crippen LogP contribution < -0.4 is 10.6 Å². The summed E-state index contributed by atoms with van der Waals surface area (Å²) in [5.41, 5.74) is 2.71. The molecule has 1 amide bonds. The summed E-state index contributed by atoms with van der Waals surface area (Å²) in [7, 11) is 0. The van der Waals surface area contributed by atoms with Gasteiger partial charge in [-0.1, -0.05) is 37.5 Å². The quantitative estimate of drug-likeness (QED) is 0.749. The predicted molar refractivity (Wildman–Crippen MR) is 110 cm³/mol. The number of nitrogens with one attached hydrogen (secondary N) is 2. The maximum atomic E-state index is 12.8. The molecule has 5 fully saturated rings. The predicted octanol–water partition coefficient (Wildman–Crippen LogP) is 5.23. The van der Waals surface area contributed by atoms with Crippen LogP contribution >= 0.6 is 0 Å². The standard InChI is InChI=1S/C24H34N2O/c27-23(26-24-13-17-10-18(14-24)12-19(11-17)15-24)16-25-22-9-5-4-8-21(22)20-6-2-1-3-7-20/h4-5,8-9,17-20,25H,1-3,6-7,10-16H2,(H,26,27). The second-order valence-electron chi connectivity index (χ2n) is 10.0. The third-order valence-corrected chi connectivity index (χ3v) is 7.89. The second-order valence-corrected chi connectivity index (χ2v) is 10.0. The SMILES string of the molecule is O=C(CNc1ccccc1C1CCCCC1)NC12CC3CC(CC(C3)C1)C2. The molecule has 1 aromatic rings. The van der Waals surface area contributed by atoms with E-state index in [1.54, 1.807) is 0 Å². The Hall–Kier alpha value is -1.51. The monoisotopic (exact) mass is 366 g/mol. The van der Waals surface area contributed by atoms with Gasteiger partial charge in [0.25, 0.3) is 0 Å². The Morgan fingerprint density at radius 3 is 2.22 bits per heavy atom. The molecule has 0 aromatic heterocycles. The van der Waals surface area contributed by atoms with Crippen molar-refractivity contribution in [2.24, 2.45) is 17.8 Å². The summed E-state index contributed by atoms with van der Waals surface area (Å²) >= 11 is 0. The molecule has 3 nitrogen and oxygen atoms in total. The van der Waals surface area contributed by atoms with Crippen LogP contribution in [-0.4, -0.2) is 18.0 Å². The maximum Gasteiger partial charge on any atom is 0.239 e. The number of hydrogen-bond acceptors (Lipinski definition) is 2. The van der Waals surface area contributed by atoms with Crippen molar-refractivity contribution in [2.45, 2.75) is 82.1 Å². The molecule has 0 aliphatic heterocycles. The fourth-order valence-electron chi connectivity index (χ4n) is 7.21. The van der Waals surface area contributed by atoms with Gasteiger partial charge in [0, 0.05) is 11.2 Å². The molecule has 6 rings (SSSR count). The van der Waals surface area contributed by atoms with E-state index in [0.29, 0.717) is 12.5 Å². The molecule has 27 heavy (non-hydrogen) atoms. The van der Waals surface area contributed by atoms with Crippen molar-refractivity contribution in [3.63, 3.8) is 0 Å². The summed E-state index contributed by atoms with van der Waals surface area (Å²) in [6, 6.07) is 8.65. The van der Waals surface area contributed by atoms with E-state index in [9.17, 15) is 4.79 Å². The molecular weight excluding hydrogens is 332 g/mol. The van der Waals surface area contributed by atoms with Gasteiger partial charge in [0.15, 0.2) is 0 Å². The van der Waals surface area contributed by atoms with Gasteiger partial charge in [-0.15, -0.1) is 0 Å². The number of carbonyl (C=O) groups excluding carboxylic acids is 1. The number of benzene rings is 1. The Labute approximate surface area is 163 Å². The van der Waals surface area contributed by atoms with Crippen LogP contribution in [0.4, 0.5) is 5.69 Å². The summed E-state index contributed by atoms with van der Waals surface area (Å²) in [6.45, 7) is 0.408. The maximum absolute atomic E-state index is 12.8. The highest BCUT2D eigenvalue weighted by Gasteiger charge is 2.51. The van der Waals surface area contributed by atoms with Crippen LogP contribution in [0.25, 0.3) is 0 Å². The summed E-state index contributed by atoms with van der Waals surface area (Å²) < 4.78 is 0. The van der Waals surface area contributed by atoms with Crippen LogP contribution in [0.1, 0.15) is 82.1 Å². The van der Waals surface area contributed by atoms with Crippen molar-refractivity contribution in [1.29, 1.82) is 0 Å². The number of amides is 1. The highest BCUT2D eigenvalue weighted by molar-refractivity contribution is 5.81. The smallest absolute Gasteiger partial charge is 0.239 e. The molecule has 146 valence electrons. The lowest BCUT2D eigenvalue weighted by atomic mass is 9.53. The van der Waals surface area contributed by atoms with Gasteiger partial charge in [0.2, 0.25) is 5.91 Å². The zero-order valence-electron chi connectivity index (χ0n) is 16.5. The Morgan fingerprint density at radius 1 is 0.926 bits per heavy atom. The highest BCUT2D eigenvalue weighted by atomic mass is 16.2. The normalized spacial score (nSPS) is 35.2. The summed E-state index contributed by atoms with van der Waals surface area (Å²) in [6.07, 6.45) is 14.6. The van der Waals surface area contributed by atoms with Crippen LogP contribution in [0, 0.1) is 17.8 Å². The van der Waals surface area contributed by atoms with Gasteiger partial charge in [-0.3, -0.25) is 4.79 Å². The average molecular weight is 367 g/mol. The molecule has 0 radical (unpaired) electrons. The Bertz CT molecular complexity index is 656. The first-order chi connectivity index (χ1) is 13.2. The first-order valence-electron chi connectivity index (χ1n) is 11.3. The van der Waals surface area contributed by atoms with E-state index in [4.69, 9.17) is 0 Å². The fraction of sp³-hybridized carbons (Fsp3) is 0.708. The lowest BCUT2D eigenvalue weighted by molar-refractivity contribution is -0.125. The van der Waals surface area contributed by atoms with E-state index in [2.05, 4.69) is 34.9 Å². The van der Waals surface area contributed by atoms with E-state index in [-0.39, 0.29) is 11.4 Å². The van der Waals surface area contributed by atoms with E-state index in [1.807, 2.05) is 0 Å². The molecule has 0 atom stereocenters. The molecule has 5 aliphatic carbocycles. The molecule has 3 heteroatoms. The largest absolute Gasteiger partial charge is 0.376 e. The molecule has 0 heterocycles. The molecule has 4 bridgehead atoms. The van der Waals surface area contributed by atoms with E-state index in [0.717, 1.165) is 17.8 Å². The Balaban J connectivity index is 1.21. The fourth-order valence-corrected chi connectivity index (χ4v) is 7.21. The lowest BCUT2D eigenvalue weighted by Crippen LogP contribution is -2.60. The third kappa shape index (κ3) is 3.62. The first-order valence-corrected chi connectivity index (χ1v) is 11.3. The number of anilines is 1. The molecule has 5 saturated carbocycles. The first kappa shape index (κ1) is 17.6. The van der Waals surface area contributed by atoms with E-state index >= 15 is 0 Å². The second kappa shape index (κ2) is 7.14. The minimum Gasteiger partial charge on any atom is -0.376 e. The molecule has 5 aliphatic rings. The topological polar surface area (TPSA) is 41.1 Å². The average Bonchev–Trinajstić information content (AvgIpc) is 2.66. The van der Waals surface area contributed by atoms with E-state index < -0.39 is 0 Å². The van der Waals surface area contributed by atoms with Gasteiger partial charge >= 0.3 is 0 Å². The molecule has 0 unspecified atom stereocenters. The van der Waals surface area contributed by atoms with Crippen molar-refractivity contribution < 1.29 is 4.79 Å². The molecule has 0 spiro atoms. The van der Waals surface area contributed by atoms with Gasteiger partial charge in [-0.05, 0) is 86.7 Å². The summed E-state index contributed by atoms with van der Waals surface area (Å²) in [5.74, 6) is 3.47. The van der Waals surface area contributed by atoms with Gasteiger partial charge < -0.3 is 10.6 Å². The van der Waals surface area contributed by atoms with E-state index in [1.165, 1.54) is 81.9 Å². The number of rotatable bonds is 5. The highest BCUT2D eigenvalue weighted by Crippen LogP contribution is 2.55. The number of para-hydroxylation sites is 1. The van der Waals surface area contributed by atoms with Gasteiger partial charge in [-0.2, -0.15) is 0 Å².